The van der Waals surface area contributed by atoms with Crippen molar-refractivity contribution in [3.8, 4) is 0 Å². The van der Waals surface area contributed by atoms with Gasteiger partial charge in [-0.1, -0.05) is 29.5 Å². The molecule has 1 rings (SSSR count). The number of hydrogen-bond donors (Lipinski definition) is 1. The molecule has 0 saturated heterocycles. The second-order valence-electron chi connectivity index (χ2n) is 3.37. The van der Waals surface area contributed by atoms with E-state index < -0.39 is 0 Å². The highest BCUT2D eigenvalue weighted by Gasteiger charge is 2.10. The van der Waals surface area contributed by atoms with Crippen molar-refractivity contribution >= 4 is 16.9 Å². The SMILES string of the molecule is CSC(N)=NC(C)c1cc(C)ccc1F. The Morgan fingerprint density at radius 1 is 1.53 bits per heavy atom. The monoisotopic (exact) mass is 226 g/mol. The lowest BCUT2D eigenvalue weighted by Gasteiger charge is -2.09. The van der Waals surface area contributed by atoms with Gasteiger partial charge >= 0.3 is 0 Å². The third kappa shape index (κ3) is 3.23. The molecule has 2 nitrogen and oxygen atoms in total. The standard InChI is InChI=1S/C11H15FN2S/c1-7-4-5-10(12)9(6-7)8(2)14-11(13)15-3/h4-6,8H,1-3H3,(H2,13,14). The molecule has 0 aliphatic heterocycles. The van der Waals surface area contributed by atoms with Gasteiger partial charge in [0.2, 0.25) is 0 Å². The molecule has 0 aliphatic carbocycles. The Labute approximate surface area is 93.8 Å². The van der Waals surface area contributed by atoms with Crippen LogP contribution in [0.15, 0.2) is 23.2 Å². The molecule has 0 bridgehead atoms. The lowest BCUT2D eigenvalue weighted by atomic mass is 10.1. The fourth-order valence-electron chi connectivity index (χ4n) is 1.30. The van der Waals surface area contributed by atoms with E-state index in [0.29, 0.717) is 10.7 Å². The number of aliphatic imine (C=N–C) groups is 1. The zero-order valence-corrected chi connectivity index (χ0v) is 9.94. The van der Waals surface area contributed by atoms with Crippen LogP contribution in [0.5, 0.6) is 0 Å². The summed E-state index contributed by atoms with van der Waals surface area (Å²) in [4.78, 5) is 4.18. The Balaban J connectivity index is 3.00. The summed E-state index contributed by atoms with van der Waals surface area (Å²) in [6, 6.07) is 4.77. The van der Waals surface area contributed by atoms with Crippen LogP contribution >= 0.6 is 11.8 Å². The minimum absolute atomic E-state index is 0.231. The Kier molecular flexibility index (Phi) is 4.15. The van der Waals surface area contributed by atoms with Crippen LogP contribution in [0.1, 0.15) is 24.1 Å². The molecule has 0 aromatic heterocycles. The fraction of sp³-hybridized carbons (Fsp3) is 0.364. The smallest absolute Gasteiger partial charge is 0.154 e. The molecule has 1 aromatic carbocycles. The largest absolute Gasteiger partial charge is 0.379 e. The molecule has 1 unspecified atom stereocenters. The minimum Gasteiger partial charge on any atom is -0.379 e. The van der Waals surface area contributed by atoms with E-state index in [-0.39, 0.29) is 11.9 Å². The summed E-state index contributed by atoms with van der Waals surface area (Å²) >= 11 is 1.36. The van der Waals surface area contributed by atoms with Crippen molar-refractivity contribution in [3.63, 3.8) is 0 Å². The van der Waals surface area contributed by atoms with Gasteiger partial charge in [0.25, 0.3) is 0 Å². The highest BCUT2D eigenvalue weighted by Crippen LogP contribution is 2.21. The molecule has 4 heteroatoms. The van der Waals surface area contributed by atoms with Crippen LogP contribution in [0.25, 0.3) is 0 Å². The number of nitrogens with zero attached hydrogens (tertiary/aromatic N) is 1. The molecule has 0 aliphatic rings. The van der Waals surface area contributed by atoms with E-state index in [1.165, 1.54) is 17.8 Å². The lowest BCUT2D eigenvalue weighted by Crippen LogP contribution is -2.08. The van der Waals surface area contributed by atoms with Crippen LogP contribution in [-0.4, -0.2) is 11.4 Å². The highest BCUT2D eigenvalue weighted by atomic mass is 32.2. The Morgan fingerprint density at radius 3 is 2.80 bits per heavy atom. The van der Waals surface area contributed by atoms with Crippen molar-refractivity contribution < 1.29 is 4.39 Å². The first-order valence-corrected chi connectivity index (χ1v) is 5.90. The van der Waals surface area contributed by atoms with Gasteiger partial charge in [0.15, 0.2) is 5.17 Å². The number of benzene rings is 1. The molecule has 15 heavy (non-hydrogen) atoms. The molecule has 1 aromatic rings. The average molecular weight is 226 g/mol. The highest BCUT2D eigenvalue weighted by molar-refractivity contribution is 8.13. The van der Waals surface area contributed by atoms with E-state index >= 15 is 0 Å². The van der Waals surface area contributed by atoms with Gasteiger partial charge in [-0.2, -0.15) is 0 Å². The van der Waals surface area contributed by atoms with Gasteiger partial charge in [-0.15, -0.1) is 0 Å². The van der Waals surface area contributed by atoms with Crippen LogP contribution in [0.4, 0.5) is 4.39 Å². The van der Waals surface area contributed by atoms with Crippen LogP contribution in [0.2, 0.25) is 0 Å². The first-order chi connectivity index (χ1) is 7.04. The van der Waals surface area contributed by atoms with E-state index in [2.05, 4.69) is 4.99 Å². The van der Waals surface area contributed by atoms with Crippen LogP contribution in [-0.2, 0) is 0 Å². The average Bonchev–Trinajstić information content (AvgIpc) is 2.21. The molecule has 0 radical (unpaired) electrons. The molecule has 82 valence electrons. The predicted octanol–water partition coefficient (Wildman–Crippen LogP) is 2.87. The lowest BCUT2D eigenvalue weighted by molar-refractivity contribution is 0.594. The van der Waals surface area contributed by atoms with Crippen molar-refractivity contribution in [2.24, 2.45) is 10.7 Å². The van der Waals surface area contributed by atoms with Crippen LogP contribution in [0.3, 0.4) is 0 Å². The third-order valence-electron chi connectivity index (χ3n) is 2.13. The predicted molar refractivity (Wildman–Crippen MR) is 64.7 cm³/mol. The number of aryl methyl sites for hydroxylation is 1. The molecular formula is C11H15FN2S. The summed E-state index contributed by atoms with van der Waals surface area (Å²) in [5, 5.41) is 0.475. The van der Waals surface area contributed by atoms with Crippen molar-refractivity contribution in [2.45, 2.75) is 19.9 Å². The minimum atomic E-state index is -0.239. The summed E-state index contributed by atoms with van der Waals surface area (Å²) < 4.78 is 13.5. The van der Waals surface area contributed by atoms with Gasteiger partial charge in [0.1, 0.15) is 5.82 Å². The van der Waals surface area contributed by atoms with E-state index in [9.17, 15) is 4.39 Å². The summed E-state index contributed by atoms with van der Waals surface area (Å²) in [5.41, 5.74) is 7.20. The third-order valence-corrected chi connectivity index (χ3v) is 2.66. The van der Waals surface area contributed by atoms with Gasteiger partial charge in [0.05, 0.1) is 6.04 Å². The summed E-state index contributed by atoms with van der Waals surface area (Å²) in [6.45, 7) is 3.76. The normalized spacial score (nSPS) is 14.0. The Hall–Kier alpha value is -1.03. The maximum absolute atomic E-state index is 13.5. The van der Waals surface area contributed by atoms with E-state index in [1.54, 1.807) is 12.1 Å². The quantitative estimate of drug-likeness (QED) is 0.622. The van der Waals surface area contributed by atoms with Crippen molar-refractivity contribution in [1.82, 2.24) is 0 Å². The van der Waals surface area contributed by atoms with Crippen molar-refractivity contribution in [3.05, 3.63) is 35.1 Å². The number of thioether (sulfide) groups is 1. The molecule has 0 fully saturated rings. The first kappa shape index (κ1) is 12.0. The van der Waals surface area contributed by atoms with Crippen molar-refractivity contribution in [1.29, 1.82) is 0 Å². The van der Waals surface area contributed by atoms with E-state index in [0.717, 1.165) is 5.56 Å². The topological polar surface area (TPSA) is 38.4 Å². The molecule has 0 spiro atoms. The van der Waals surface area contributed by atoms with E-state index in [1.807, 2.05) is 20.1 Å². The molecule has 1 atom stereocenters. The first-order valence-electron chi connectivity index (χ1n) is 4.68. The zero-order chi connectivity index (χ0) is 11.4. The fourth-order valence-corrected chi connectivity index (χ4v) is 1.56. The summed E-state index contributed by atoms with van der Waals surface area (Å²) in [6.07, 6.45) is 1.85. The zero-order valence-electron chi connectivity index (χ0n) is 9.12. The second kappa shape index (κ2) is 5.16. The summed E-state index contributed by atoms with van der Waals surface area (Å²) in [5.74, 6) is -0.231. The van der Waals surface area contributed by atoms with Gasteiger partial charge in [-0.3, -0.25) is 4.99 Å². The Morgan fingerprint density at radius 2 is 2.20 bits per heavy atom. The second-order valence-corrected chi connectivity index (χ2v) is 4.20. The van der Waals surface area contributed by atoms with Gasteiger partial charge in [-0.05, 0) is 26.2 Å². The molecule has 0 saturated carbocycles. The molecule has 2 N–H and O–H groups in total. The van der Waals surface area contributed by atoms with Gasteiger partial charge < -0.3 is 5.73 Å². The summed E-state index contributed by atoms with van der Waals surface area (Å²) in [7, 11) is 0. The molecule has 0 amide bonds. The van der Waals surface area contributed by atoms with Crippen LogP contribution < -0.4 is 5.73 Å². The molecule has 0 heterocycles. The maximum Gasteiger partial charge on any atom is 0.154 e. The van der Waals surface area contributed by atoms with Crippen LogP contribution in [0, 0.1) is 12.7 Å². The molecular weight excluding hydrogens is 211 g/mol. The number of rotatable bonds is 2. The maximum atomic E-state index is 13.5. The number of halogens is 1. The number of hydrogen-bond acceptors (Lipinski definition) is 2. The van der Waals surface area contributed by atoms with Crippen molar-refractivity contribution in [2.75, 3.05) is 6.26 Å². The number of amidine groups is 1. The number of nitrogens with two attached hydrogens (primary N) is 1. The van der Waals surface area contributed by atoms with E-state index in [4.69, 9.17) is 5.73 Å². The van der Waals surface area contributed by atoms with Gasteiger partial charge in [0, 0.05) is 5.56 Å². The van der Waals surface area contributed by atoms with Gasteiger partial charge in [-0.25, -0.2) is 4.39 Å². The Bertz CT molecular complexity index is 377.